The fourth-order valence-electron chi connectivity index (χ4n) is 0.977. The second-order valence-electron chi connectivity index (χ2n) is 2.98. The van der Waals surface area contributed by atoms with Gasteiger partial charge in [-0.2, -0.15) is 0 Å². The summed E-state index contributed by atoms with van der Waals surface area (Å²) in [5.74, 6) is -0.870. The Balaban J connectivity index is 0. The molecule has 0 heterocycles. The molecular weight excluding hydrogens is 206 g/mol. The highest BCUT2D eigenvalue weighted by Crippen LogP contribution is 2.05. The van der Waals surface area contributed by atoms with Gasteiger partial charge in [0.15, 0.2) is 6.10 Å². The highest BCUT2D eigenvalue weighted by Gasteiger charge is 2.16. The molecule has 5 heteroatoms. The minimum atomic E-state index is -0.870. The van der Waals surface area contributed by atoms with Gasteiger partial charge < -0.3 is 15.6 Å². The van der Waals surface area contributed by atoms with Crippen molar-refractivity contribution < 1.29 is 14.6 Å². The fourth-order valence-corrected chi connectivity index (χ4v) is 0.977. The van der Waals surface area contributed by atoms with E-state index in [1.54, 1.807) is 0 Å². The predicted octanol–water partition coefficient (Wildman–Crippen LogP) is 1.42. The van der Waals surface area contributed by atoms with Crippen LogP contribution in [0.2, 0.25) is 0 Å². The Labute approximate surface area is 91.2 Å². The molecular formula is C9H20ClNO3. The molecule has 0 aliphatic carbocycles. The van der Waals surface area contributed by atoms with Crippen LogP contribution >= 0.6 is 12.4 Å². The molecule has 0 radical (unpaired) electrons. The van der Waals surface area contributed by atoms with E-state index in [9.17, 15) is 4.79 Å². The molecule has 0 saturated carbocycles. The van der Waals surface area contributed by atoms with E-state index in [1.165, 1.54) is 0 Å². The highest BCUT2D eigenvalue weighted by molar-refractivity contribution is 5.85. The molecule has 0 bridgehead atoms. The van der Waals surface area contributed by atoms with Crippen LogP contribution in [0.3, 0.4) is 0 Å². The van der Waals surface area contributed by atoms with E-state index in [0.29, 0.717) is 19.6 Å². The number of hydrogen-bond donors (Lipinski definition) is 2. The van der Waals surface area contributed by atoms with Crippen LogP contribution in [0.4, 0.5) is 0 Å². The van der Waals surface area contributed by atoms with Gasteiger partial charge in [0.05, 0.1) is 0 Å². The third kappa shape index (κ3) is 8.29. The quantitative estimate of drug-likeness (QED) is 0.613. The SMILES string of the molecule is CCCCC(OCCCN)C(=O)O.Cl. The minimum absolute atomic E-state index is 0. The Hall–Kier alpha value is -0.320. The third-order valence-electron chi connectivity index (χ3n) is 1.76. The number of nitrogens with two attached hydrogens (primary N) is 1. The maximum absolute atomic E-state index is 10.6. The van der Waals surface area contributed by atoms with Crippen molar-refractivity contribution in [3.8, 4) is 0 Å². The lowest BCUT2D eigenvalue weighted by molar-refractivity contribution is -0.150. The zero-order valence-corrected chi connectivity index (χ0v) is 9.39. The summed E-state index contributed by atoms with van der Waals surface area (Å²) in [6, 6.07) is 0. The molecule has 1 unspecified atom stereocenters. The Morgan fingerprint density at radius 3 is 2.57 bits per heavy atom. The van der Waals surface area contributed by atoms with Crippen LogP contribution in [0.5, 0.6) is 0 Å². The van der Waals surface area contributed by atoms with Gasteiger partial charge in [-0.15, -0.1) is 12.4 Å². The molecule has 3 N–H and O–H groups in total. The number of carbonyl (C=O) groups is 1. The summed E-state index contributed by atoms with van der Waals surface area (Å²) < 4.78 is 5.17. The molecule has 0 fully saturated rings. The van der Waals surface area contributed by atoms with Gasteiger partial charge in [-0.05, 0) is 19.4 Å². The van der Waals surface area contributed by atoms with E-state index >= 15 is 0 Å². The Bertz CT molecular complexity index is 144. The van der Waals surface area contributed by atoms with Gasteiger partial charge in [0.2, 0.25) is 0 Å². The number of halogens is 1. The molecule has 0 saturated heterocycles. The fraction of sp³-hybridized carbons (Fsp3) is 0.889. The highest BCUT2D eigenvalue weighted by atomic mass is 35.5. The molecule has 0 aromatic heterocycles. The maximum atomic E-state index is 10.6. The zero-order chi connectivity index (χ0) is 10.1. The van der Waals surface area contributed by atoms with Crippen LogP contribution in [-0.4, -0.2) is 30.3 Å². The summed E-state index contributed by atoms with van der Waals surface area (Å²) in [6.45, 7) is 3.01. The number of carboxylic acid groups (broad SMARTS) is 1. The molecule has 0 spiro atoms. The van der Waals surface area contributed by atoms with Gasteiger partial charge in [-0.1, -0.05) is 19.8 Å². The summed E-state index contributed by atoms with van der Waals surface area (Å²) >= 11 is 0. The number of carboxylic acids is 1. The van der Waals surface area contributed by atoms with Crippen molar-refractivity contribution in [3.63, 3.8) is 0 Å². The van der Waals surface area contributed by atoms with Crippen molar-refractivity contribution in [2.75, 3.05) is 13.2 Å². The molecule has 0 aliphatic heterocycles. The van der Waals surface area contributed by atoms with Crippen LogP contribution in [0, 0.1) is 0 Å². The van der Waals surface area contributed by atoms with Crippen LogP contribution < -0.4 is 5.73 Å². The van der Waals surface area contributed by atoms with Crippen LogP contribution in [-0.2, 0) is 9.53 Å². The number of rotatable bonds is 8. The normalized spacial score (nSPS) is 11.9. The third-order valence-corrected chi connectivity index (χ3v) is 1.76. The standard InChI is InChI=1S/C9H19NO3.ClH/c1-2-3-5-8(9(11)12)13-7-4-6-10;/h8H,2-7,10H2,1H3,(H,11,12);1H. The van der Waals surface area contributed by atoms with Crippen molar-refractivity contribution in [2.45, 2.75) is 38.7 Å². The first-order valence-electron chi connectivity index (χ1n) is 4.76. The molecule has 14 heavy (non-hydrogen) atoms. The monoisotopic (exact) mass is 225 g/mol. The second kappa shape index (κ2) is 10.8. The summed E-state index contributed by atoms with van der Waals surface area (Å²) in [4.78, 5) is 10.6. The van der Waals surface area contributed by atoms with E-state index < -0.39 is 12.1 Å². The summed E-state index contributed by atoms with van der Waals surface area (Å²) in [5.41, 5.74) is 5.26. The van der Waals surface area contributed by atoms with Gasteiger partial charge in [0, 0.05) is 6.61 Å². The van der Waals surface area contributed by atoms with Crippen LogP contribution in [0.1, 0.15) is 32.6 Å². The first-order chi connectivity index (χ1) is 6.22. The lowest BCUT2D eigenvalue weighted by atomic mass is 10.1. The summed E-state index contributed by atoms with van der Waals surface area (Å²) in [6.07, 6.45) is 2.54. The van der Waals surface area contributed by atoms with Gasteiger partial charge in [0.25, 0.3) is 0 Å². The smallest absolute Gasteiger partial charge is 0.332 e. The van der Waals surface area contributed by atoms with Gasteiger partial charge in [0.1, 0.15) is 0 Å². The molecule has 0 aromatic carbocycles. The van der Waals surface area contributed by atoms with E-state index in [2.05, 4.69) is 0 Å². The molecule has 4 nitrogen and oxygen atoms in total. The predicted molar refractivity (Wildman–Crippen MR) is 57.8 cm³/mol. The average molecular weight is 226 g/mol. The van der Waals surface area contributed by atoms with E-state index in [1.807, 2.05) is 6.92 Å². The van der Waals surface area contributed by atoms with Gasteiger partial charge in [-0.3, -0.25) is 0 Å². The molecule has 0 rings (SSSR count). The zero-order valence-electron chi connectivity index (χ0n) is 8.57. The number of unbranched alkanes of at least 4 members (excludes halogenated alkanes) is 1. The van der Waals surface area contributed by atoms with Crippen LogP contribution in [0.25, 0.3) is 0 Å². The second-order valence-corrected chi connectivity index (χ2v) is 2.98. The lowest BCUT2D eigenvalue weighted by Gasteiger charge is -2.12. The Morgan fingerprint density at radius 1 is 1.50 bits per heavy atom. The topological polar surface area (TPSA) is 72.5 Å². The van der Waals surface area contributed by atoms with Crippen molar-refractivity contribution >= 4 is 18.4 Å². The molecule has 0 aliphatic rings. The number of hydrogen-bond acceptors (Lipinski definition) is 3. The Kier molecular flexibility index (Phi) is 12.4. The maximum Gasteiger partial charge on any atom is 0.332 e. The molecule has 1 atom stereocenters. The van der Waals surface area contributed by atoms with Gasteiger partial charge in [-0.25, -0.2) is 4.79 Å². The molecule has 86 valence electrons. The van der Waals surface area contributed by atoms with E-state index in [4.69, 9.17) is 15.6 Å². The van der Waals surface area contributed by atoms with Crippen molar-refractivity contribution in [1.29, 1.82) is 0 Å². The minimum Gasteiger partial charge on any atom is -0.479 e. The van der Waals surface area contributed by atoms with E-state index in [0.717, 1.165) is 19.3 Å². The molecule has 0 aromatic rings. The molecule has 0 amide bonds. The summed E-state index contributed by atoms with van der Waals surface area (Å²) in [5, 5.41) is 8.74. The van der Waals surface area contributed by atoms with Gasteiger partial charge >= 0.3 is 5.97 Å². The lowest BCUT2D eigenvalue weighted by Crippen LogP contribution is -2.24. The summed E-state index contributed by atoms with van der Waals surface area (Å²) in [7, 11) is 0. The van der Waals surface area contributed by atoms with Crippen molar-refractivity contribution in [1.82, 2.24) is 0 Å². The first-order valence-corrected chi connectivity index (χ1v) is 4.76. The first kappa shape index (κ1) is 16.1. The average Bonchev–Trinajstić information content (AvgIpc) is 2.10. The largest absolute Gasteiger partial charge is 0.479 e. The van der Waals surface area contributed by atoms with E-state index in [-0.39, 0.29) is 12.4 Å². The van der Waals surface area contributed by atoms with Crippen molar-refractivity contribution in [3.05, 3.63) is 0 Å². The Morgan fingerprint density at radius 2 is 2.14 bits per heavy atom. The number of aliphatic carboxylic acids is 1. The van der Waals surface area contributed by atoms with Crippen LogP contribution in [0.15, 0.2) is 0 Å². The number of ether oxygens (including phenoxy) is 1. The van der Waals surface area contributed by atoms with Crippen molar-refractivity contribution in [2.24, 2.45) is 5.73 Å².